The second-order valence-corrected chi connectivity index (χ2v) is 5.57. The fraction of sp³-hybridized carbons (Fsp3) is 0.211. The Morgan fingerprint density at radius 2 is 1.84 bits per heavy atom. The first-order valence-electron chi connectivity index (χ1n) is 8.04. The number of carbonyl (C=O) groups excluding carboxylic acids is 2. The number of anilines is 1. The fourth-order valence-electron chi connectivity index (χ4n) is 2.72. The number of methoxy groups -OCH3 is 1. The quantitative estimate of drug-likeness (QED) is 0.726. The van der Waals surface area contributed by atoms with Gasteiger partial charge in [0, 0.05) is 12.1 Å². The molecule has 3 rings (SSSR count). The van der Waals surface area contributed by atoms with Crippen molar-refractivity contribution in [1.29, 1.82) is 0 Å². The van der Waals surface area contributed by atoms with E-state index in [9.17, 15) is 9.59 Å². The van der Waals surface area contributed by atoms with Gasteiger partial charge in [-0.3, -0.25) is 4.79 Å². The van der Waals surface area contributed by atoms with Crippen LogP contribution in [0.5, 0.6) is 0 Å². The van der Waals surface area contributed by atoms with Crippen LogP contribution in [0.4, 0.5) is 5.69 Å². The monoisotopic (exact) mass is 337 g/mol. The van der Waals surface area contributed by atoms with Crippen molar-refractivity contribution in [3.8, 4) is 0 Å². The van der Waals surface area contributed by atoms with Crippen molar-refractivity contribution < 1.29 is 14.3 Å². The number of carbonyl (C=O) groups is 2. The van der Waals surface area contributed by atoms with Crippen molar-refractivity contribution >= 4 is 28.6 Å². The highest BCUT2D eigenvalue weighted by atomic mass is 16.5. The summed E-state index contributed by atoms with van der Waals surface area (Å²) in [5.41, 5.74) is 2.89. The van der Waals surface area contributed by atoms with Gasteiger partial charge in [-0.15, -0.1) is 0 Å². The van der Waals surface area contributed by atoms with Gasteiger partial charge in [0.05, 0.1) is 23.7 Å². The number of amides is 1. The Morgan fingerprint density at radius 3 is 2.52 bits per heavy atom. The molecule has 1 aromatic heterocycles. The molecule has 0 saturated carbocycles. The first kappa shape index (κ1) is 16.7. The van der Waals surface area contributed by atoms with E-state index in [1.165, 1.54) is 7.11 Å². The molecule has 0 aliphatic heterocycles. The zero-order valence-corrected chi connectivity index (χ0v) is 14.2. The van der Waals surface area contributed by atoms with Crippen LogP contribution in [0.25, 0.3) is 11.0 Å². The van der Waals surface area contributed by atoms with E-state index in [1.54, 1.807) is 24.3 Å². The zero-order chi connectivity index (χ0) is 17.8. The van der Waals surface area contributed by atoms with Gasteiger partial charge in [-0.05, 0) is 36.4 Å². The third-order valence-corrected chi connectivity index (χ3v) is 3.94. The molecule has 0 saturated heterocycles. The number of ether oxygens (including phenoxy) is 1. The average Bonchev–Trinajstić information content (AvgIpc) is 2.99. The third kappa shape index (κ3) is 3.52. The van der Waals surface area contributed by atoms with E-state index in [4.69, 9.17) is 0 Å². The number of aromatic nitrogens is 2. The molecule has 2 aromatic carbocycles. The Labute approximate surface area is 145 Å². The van der Waals surface area contributed by atoms with Gasteiger partial charge in [-0.25, -0.2) is 9.78 Å². The van der Waals surface area contributed by atoms with E-state index in [2.05, 4.69) is 15.0 Å². The number of nitrogens with one attached hydrogen (secondary N) is 1. The minimum atomic E-state index is -0.407. The summed E-state index contributed by atoms with van der Waals surface area (Å²) in [6.07, 6.45) is 0.746. The Hall–Kier alpha value is -3.15. The molecule has 1 N–H and O–H groups in total. The number of rotatable bonds is 5. The average molecular weight is 337 g/mol. The van der Waals surface area contributed by atoms with Crippen LogP contribution >= 0.6 is 0 Å². The molecular formula is C19H19N3O3. The lowest BCUT2D eigenvalue weighted by Crippen LogP contribution is -2.20. The van der Waals surface area contributed by atoms with Crippen LogP contribution in [0.15, 0.2) is 48.5 Å². The smallest absolute Gasteiger partial charge is 0.337 e. The number of hydrogen-bond acceptors (Lipinski definition) is 4. The molecule has 0 atom stereocenters. The van der Waals surface area contributed by atoms with Crippen LogP contribution in [0.2, 0.25) is 0 Å². The van der Waals surface area contributed by atoms with Gasteiger partial charge < -0.3 is 14.6 Å². The molecule has 0 radical (unpaired) electrons. The maximum Gasteiger partial charge on any atom is 0.337 e. The molecule has 6 heteroatoms. The normalized spacial score (nSPS) is 10.6. The molecule has 0 fully saturated rings. The number of esters is 1. The van der Waals surface area contributed by atoms with E-state index in [1.807, 2.05) is 35.8 Å². The molecule has 3 aromatic rings. The van der Waals surface area contributed by atoms with E-state index in [0.717, 1.165) is 23.3 Å². The van der Waals surface area contributed by atoms with Crippen molar-refractivity contribution in [2.24, 2.45) is 0 Å². The second kappa shape index (κ2) is 7.17. The highest BCUT2D eigenvalue weighted by molar-refractivity contribution is 5.93. The molecule has 0 bridgehead atoms. The van der Waals surface area contributed by atoms with Gasteiger partial charge in [0.2, 0.25) is 5.91 Å². The number of benzene rings is 2. The summed E-state index contributed by atoms with van der Waals surface area (Å²) in [6.45, 7) is 2.20. The molecule has 1 amide bonds. The number of nitrogens with zero attached hydrogens (tertiary/aromatic N) is 2. The summed E-state index contributed by atoms with van der Waals surface area (Å²) in [5.74, 6) is 0.316. The number of hydrogen-bond donors (Lipinski definition) is 1. The lowest BCUT2D eigenvalue weighted by molar-refractivity contribution is -0.116. The van der Waals surface area contributed by atoms with Crippen LogP contribution in [0.1, 0.15) is 23.1 Å². The summed E-state index contributed by atoms with van der Waals surface area (Å²) in [6, 6.07) is 14.4. The topological polar surface area (TPSA) is 73.2 Å². The van der Waals surface area contributed by atoms with Crippen LogP contribution in [-0.2, 0) is 22.5 Å². The fourth-order valence-corrected chi connectivity index (χ4v) is 2.72. The molecule has 25 heavy (non-hydrogen) atoms. The predicted molar refractivity (Wildman–Crippen MR) is 95.5 cm³/mol. The first-order chi connectivity index (χ1) is 12.1. The van der Waals surface area contributed by atoms with Crippen molar-refractivity contribution in [2.75, 3.05) is 12.4 Å². The highest BCUT2D eigenvalue weighted by Gasteiger charge is 2.13. The highest BCUT2D eigenvalue weighted by Crippen LogP contribution is 2.17. The molecule has 128 valence electrons. The Morgan fingerprint density at radius 1 is 1.12 bits per heavy atom. The standard InChI is InChI=1S/C19H19N3O3/c1-3-17-21-15-6-4-5-7-16(15)22(17)12-18(23)20-14-10-8-13(9-11-14)19(24)25-2/h4-11H,3,12H2,1-2H3,(H,20,23). The van der Waals surface area contributed by atoms with E-state index in [0.29, 0.717) is 11.3 Å². The minimum absolute atomic E-state index is 0.149. The minimum Gasteiger partial charge on any atom is -0.465 e. The van der Waals surface area contributed by atoms with Gasteiger partial charge in [0.25, 0.3) is 0 Å². The summed E-state index contributed by atoms with van der Waals surface area (Å²) >= 11 is 0. The Kier molecular flexibility index (Phi) is 4.79. The molecule has 0 aliphatic rings. The van der Waals surface area contributed by atoms with Crippen LogP contribution < -0.4 is 5.32 Å². The lowest BCUT2D eigenvalue weighted by atomic mass is 10.2. The Bertz CT molecular complexity index is 913. The van der Waals surface area contributed by atoms with Crippen LogP contribution in [-0.4, -0.2) is 28.5 Å². The van der Waals surface area contributed by atoms with E-state index >= 15 is 0 Å². The summed E-state index contributed by atoms with van der Waals surface area (Å²) < 4.78 is 6.58. The molecule has 6 nitrogen and oxygen atoms in total. The lowest BCUT2D eigenvalue weighted by Gasteiger charge is -2.09. The van der Waals surface area contributed by atoms with Crippen LogP contribution in [0, 0.1) is 0 Å². The van der Waals surface area contributed by atoms with Gasteiger partial charge in [-0.1, -0.05) is 19.1 Å². The largest absolute Gasteiger partial charge is 0.465 e. The van der Waals surface area contributed by atoms with Gasteiger partial charge >= 0.3 is 5.97 Å². The maximum atomic E-state index is 12.4. The maximum absolute atomic E-state index is 12.4. The first-order valence-corrected chi connectivity index (χ1v) is 8.04. The molecule has 0 spiro atoms. The number of imidazole rings is 1. The van der Waals surface area contributed by atoms with Gasteiger partial charge in [-0.2, -0.15) is 0 Å². The molecule has 0 unspecified atom stereocenters. The van der Waals surface area contributed by atoms with Gasteiger partial charge in [0.15, 0.2) is 0 Å². The molecular weight excluding hydrogens is 318 g/mol. The number of fused-ring (bicyclic) bond motifs is 1. The van der Waals surface area contributed by atoms with E-state index in [-0.39, 0.29) is 12.5 Å². The summed E-state index contributed by atoms with van der Waals surface area (Å²) in [5, 5.41) is 2.84. The second-order valence-electron chi connectivity index (χ2n) is 5.57. The van der Waals surface area contributed by atoms with Crippen molar-refractivity contribution in [1.82, 2.24) is 9.55 Å². The molecule has 0 aliphatic carbocycles. The SMILES string of the molecule is CCc1nc2ccccc2n1CC(=O)Nc1ccc(C(=O)OC)cc1. The Balaban J connectivity index is 1.76. The summed E-state index contributed by atoms with van der Waals surface area (Å²) in [4.78, 5) is 28.4. The number of para-hydroxylation sites is 2. The predicted octanol–water partition coefficient (Wildman–Crippen LogP) is 3.02. The third-order valence-electron chi connectivity index (χ3n) is 3.94. The zero-order valence-electron chi connectivity index (χ0n) is 14.2. The van der Waals surface area contributed by atoms with Crippen molar-refractivity contribution in [2.45, 2.75) is 19.9 Å². The van der Waals surface area contributed by atoms with Crippen molar-refractivity contribution in [3.63, 3.8) is 0 Å². The summed E-state index contributed by atoms with van der Waals surface area (Å²) in [7, 11) is 1.33. The number of aryl methyl sites for hydroxylation is 1. The van der Waals surface area contributed by atoms with Crippen molar-refractivity contribution in [3.05, 3.63) is 59.9 Å². The van der Waals surface area contributed by atoms with Gasteiger partial charge in [0.1, 0.15) is 12.4 Å². The molecule has 1 heterocycles. The van der Waals surface area contributed by atoms with E-state index < -0.39 is 5.97 Å². The van der Waals surface area contributed by atoms with Crippen LogP contribution in [0.3, 0.4) is 0 Å².